The van der Waals surface area contributed by atoms with Crippen LogP contribution in [0.15, 0.2) is 22.2 Å². The molecule has 0 radical (unpaired) electrons. The minimum absolute atomic E-state index is 0.0374. The van der Waals surface area contributed by atoms with Gasteiger partial charge in [0.05, 0.1) is 17.6 Å². The second-order valence-corrected chi connectivity index (χ2v) is 7.82. The SMILES string of the molecule is CON=C1CN(c2nc3c(cc2F)c(=O)c(C(=O)O)cn3C2CC2)C[C@@]1(C)CN. The summed E-state index contributed by atoms with van der Waals surface area (Å²) >= 11 is 0. The molecule has 29 heavy (non-hydrogen) atoms. The van der Waals surface area contributed by atoms with Gasteiger partial charge in [0.15, 0.2) is 11.6 Å². The topological polar surface area (TPSA) is 123 Å². The number of pyridine rings is 2. The summed E-state index contributed by atoms with van der Waals surface area (Å²) in [4.78, 5) is 35.1. The van der Waals surface area contributed by atoms with Gasteiger partial charge in [0, 0.05) is 30.7 Å². The molecule has 9 nitrogen and oxygen atoms in total. The van der Waals surface area contributed by atoms with Crippen molar-refractivity contribution in [1.82, 2.24) is 9.55 Å². The van der Waals surface area contributed by atoms with Crippen molar-refractivity contribution in [3.8, 4) is 0 Å². The number of oxime groups is 1. The van der Waals surface area contributed by atoms with E-state index in [1.54, 1.807) is 9.47 Å². The Hall–Kier alpha value is -3.01. The van der Waals surface area contributed by atoms with Gasteiger partial charge in [-0.25, -0.2) is 14.2 Å². The molecule has 0 aromatic carbocycles. The van der Waals surface area contributed by atoms with Gasteiger partial charge in [-0.2, -0.15) is 0 Å². The summed E-state index contributed by atoms with van der Waals surface area (Å²) in [6.07, 6.45) is 3.02. The highest BCUT2D eigenvalue weighted by Crippen LogP contribution is 2.38. The summed E-state index contributed by atoms with van der Waals surface area (Å²) in [6.45, 7) is 2.90. The van der Waals surface area contributed by atoms with Crippen LogP contribution in [0.3, 0.4) is 0 Å². The first kappa shape index (κ1) is 19.3. The van der Waals surface area contributed by atoms with Crippen LogP contribution in [0.25, 0.3) is 11.0 Å². The predicted octanol–water partition coefficient (Wildman–Crippen LogP) is 1.36. The van der Waals surface area contributed by atoms with Crippen molar-refractivity contribution >= 4 is 28.5 Å². The fourth-order valence-corrected chi connectivity index (χ4v) is 3.76. The van der Waals surface area contributed by atoms with Gasteiger partial charge >= 0.3 is 5.97 Å². The van der Waals surface area contributed by atoms with Crippen LogP contribution in [0.1, 0.15) is 36.2 Å². The molecule has 2 aliphatic rings. The third kappa shape index (κ3) is 3.13. The van der Waals surface area contributed by atoms with Gasteiger partial charge in [-0.05, 0) is 18.9 Å². The Morgan fingerprint density at radius 3 is 2.83 bits per heavy atom. The average Bonchev–Trinajstić information content (AvgIpc) is 3.47. The van der Waals surface area contributed by atoms with E-state index in [1.807, 2.05) is 6.92 Å². The van der Waals surface area contributed by atoms with Gasteiger partial charge < -0.3 is 25.1 Å². The van der Waals surface area contributed by atoms with Gasteiger partial charge in [-0.3, -0.25) is 4.79 Å². The summed E-state index contributed by atoms with van der Waals surface area (Å²) in [7, 11) is 1.44. The minimum atomic E-state index is -1.34. The molecule has 1 saturated carbocycles. The molecule has 3 N–H and O–H groups in total. The number of hydrogen-bond donors (Lipinski definition) is 2. The zero-order chi connectivity index (χ0) is 20.9. The molecular formula is C19H22FN5O4. The van der Waals surface area contributed by atoms with Crippen molar-refractivity contribution in [2.45, 2.75) is 25.8 Å². The van der Waals surface area contributed by atoms with Crippen molar-refractivity contribution in [2.24, 2.45) is 16.3 Å². The van der Waals surface area contributed by atoms with E-state index in [4.69, 9.17) is 10.6 Å². The molecule has 2 fully saturated rings. The molecule has 1 atom stereocenters. The lowest BCUT2D eigenvalue weighted by Crippen LogP contribution is -2.36. The highest BCUT2D eigenvalue weighted by molar-refractivity contribution is 5.97. The lowest BCUT2D eigenvalue weighted by atomic mass is 9.88. The zero-order valence-electron chi connectivity index (χ0n) is 16.2. The highest BCUT2D eigenvalue weighted by Gasteiger charge is 2.41. The van der Waals surface area contributed by atoms with E-state index in [2.05, 4.69) is 10.1 Å². The number of nitrogens with zero attached hydrogens (tertiary/aromatic N) is 4. The van der Waals surface area contributed by atoms with Gasteiger partial charge in [-0.1, -0.05) is 12.1 Å². The molecule has 1 saturated heterocycles. The molecule has 0 unspecified atom stereocenters. The molecule has 10 heteroatoms. The number of halogens is 1. The Balaban J connectivity index is 1.87. The summed E-state index contributed by atoms with van der Waals surface area (Å²) in [5.41, 5.74) is 5.26. The van der Waals surface area contributed by atoms with Crippen LogP contribution in [-0.4, -0.2) is 53.1 Å². The number of fused-ring (bicyclic) bond motifs is 1. The second kappa shape index (κ2) is 6.80. The van der Waals surface area contributed by atoms with Gasteiger partial charge in [-0.15, -0.1) is 0 Å². The van der Waals surface area contributed by atoms with Crippen molar-refractivity contribution in [2.75, 3.05) is 31.6 Å². The van der Waals surface area contributed by atoms with Gasteiger partial charge in [0.25, 0.3) is 0 Å². The number of hydrogen-bond acceptors (Lipinski definition) is 7. The van der Waals surface area contributed by atoms with Crippen LogP contribution >= 0.6 is 0 Å². The number of aromatic carboxylic acids is 1. The van der Waals surface area contributed by atoms with Crippen LogP contribution in [0, 0.1) is 11.2 Å². The summed E-state index contributed by atoms with van der Waals surface area (Å²) in [5, 5.41) is 13.3. The zero-order valence-corrected chi connectivity index (χ0v) is 16.2. The van der Waals surface area contributed by atoms with Gasteiger partial charge in [0.1, 0.15) is 18.3 Å². The second-order valence-electron chi connectivity index (χ2n) is 7.82. The Bertz CT molecular complexity index is 1090. The average molecular weight is 403 g/mol. The quantitative estimate of drug-likeness (QED) is 0.723. The predicted molar refractivity (Wildman–Crippen MR) is 105 cm³/mol. The summed E-state index contributed by atoms with van der Waals surface area (Å²) in [6, 6.07) is 1.14. The Labute approximate surface area is 165 Å². The maximum atomic E-state index is 15.0. The summed E-state index contributed by atoms with van der Waals surface area (Å²) in [5.74, 6) is -1.96. The maximum absolute atomic E-state index is 15.0. The van der Waals surface area contributed by atoms with Crippen molar-refractivity contribution in [3.05, 3.63) is 33.9 Å². The fourth-order valence-electron chi connectivity index (χ4n) is 3.76. The number of aromatic nitrogens is 2. The van der Waals surface area contributed by atoms with Crippen molar-refractivity contribution in [3.63, 3.8) is 0 Å². The first-order chi connectivity index (χ1) is 13.8. The molecule has 1 aliphatic heterocycles. The van der Waals surface area contributed by atoms with Crippen molar-refractivity contribution < 1.29 is 19.1 Å². The van der Waals surface area contributed by atoms with E-state index >= 15 is 0 Å². The van der Waals surface area contributed by atoms with Crippen LogP contribution in [0.4, 0.5) is 10.2 Å². The standard InChI is InChI=1S/C19H22FN5O4/c1-19(8-21)9-24(7-14(19)23-29-2)17-13(20)5-11-15(26)12(18(27)28)6-25(10-3-4-10)16(11)22-17/h5-6,10H,3-4,7-9,21H2,1-2H3,(H,27,28)/t19-/m1/s1. The number of carboxylic acid groups (broad SMARTS) is 1. The minimum Gasteiger partial charge on any atom is -0.477 e. The number of anilines is 1. The summed E-state index contributed by atoms with van der Waals surface area (Å²) < 4.78 is 16.7. The first-order valence-corrected chi connectivity index (χ1v) is 9.33. The van der Waals surface area contributed by atoms with Crippen LogP contribution < -0.4 is 16.1 Å². The molecule has 4 rings (SSSR count). The maximum Gasteiger partial charge on any atom is 0.341 e. The first-order valence-electron chi connectivity index (χ1n) is 9.33. The molecule has 2 aromatic rings. The lowest BCUT2D eigenvalue weighted by molar-refractivity contribution is 0.0695. The molecular weight excluding hydrogens is 381 g/mol. The number of nitrogens with two attached hydrogens (primary N) is 1. The number of carbonyl (C=O) groups is 1. The Morgan fingerprint density at radius 1 is 1.52 bits per heavy atom. The third-order valence-corrected chi connectivity index (χ3v) is 5.64. The molecule has 1 aliphatic carbocycles. The largest absolute Gasteiger partial charge is 0.477 e. The third-order valence-electron chi connectivity index (χ3n) is 5.64. The molecule has 3 heterocycles. The number of rotatable bonds is 5. The normalized spacial score (nSPS) is 23.2. The van der Waals surface area contributed by atoms with E-state index in [-0.39, 0.29) is 35.0 Å². The van der Waals surface area contributed by atoms with Crippen LogP contribution in [0.5, 0.6) is 0 Å². The molecule has 0 spiro atoms. The van der Waals surface area contributed by atoms with E-state index < -0.39 is 22.6 Å². The Kier molecular flexibility index (Phi) is 4.53. The van der Waals surface area contributed by atoms with E-state index in [0.29, 0.717) is 18.8 Å². The van der Waals surface area contributed by atoms with E-state index in [0.717, 1.165) is 18.9 Å². The fraction of sp³-hybridized carbons (Fsp3) is 0.474. The smallest absolute Gasteiger partial charge is 0.341 e. The van der Waals surface area contributed by atoms with Crippen LogP contribution in [-0.2, 0) is 4.84 Å². The Morgan fingerprint density at radius 2 is 2.24 bits per heavy atom. The molecule has 154 valence electrons. The molecule has 2 aromatic heterocycles. The molecule has 0 amide bonds. The lowest BCUT2D eigenvalue weighted by Gasteiger charge is -2.23. The monoisotopic (exact) mass is 403 g/mol. The van der Waals surface area contributed by atoms with Crippen molar-refractivity contribution in [1.29, 1.82) is 0 Å². The van der Waals surface area contributed by atoms with E-state index in [1.165, 1.54) is 13.3 Å². The highest BCUT2D eigenvalue weighted by atomic mass is 19.1. The van der Waals surface area contributed by atoms with E-state index in [9.17, 15) is 19.1 Å². The number of carboxylic acids is 1. The van der Waals surface area contributed by atoms with Crippen LogP contribution in [0.2, 0.25) is 0 Å². The van der Waals surface area contributed by atoms with Gasteiger partial charge in [0.2, 0.25) is 5.43 Å². The molecule has 0 bridgehead atoms.